The highest BCUT2D eigenvalue weighted by Crippen LogP contribution is 2.25. The third-order valence-corrected chi connectivity index (χ3v) is 5.83. The van der Waals surface area contributed by atoms with Crippen LogP contribution in [-0.4, -0.2) is 47.0 Å². The number of amides is 1. The molecule has 0 bridgehead atoms. The molecule has 1 saturated heterocycles. The molecule has 1 aromatic heterocycles. The summed E-state index contributed by atoms with van der Waals surface area (Å²) in [5, 5.41) is 3.95. The Balaban J connectivity index is 1.34. The number of piperidine rings is 1. The number of carbonyl (C=O) groups is 1. The van der Waals surface area contributed by atoms with Crippen LogP contribution in [0.5, 0.6) is 0 Å². The van der Waals surface area contributed by atoms with Crippen molar-refractivity contribution in [3.8, 4) is 0 Å². The van der Waals surface area contributed by atoms with E-state index in [1.165, 1.54) is 17.5 Å². The Morgan fingerprint density at radius 1 is 1.23 bits per heavy atom. The zero-order valence-corrected chi connectivity index (χ0v) is 15.7. The monoisotopic (exact) mass is 353 g/mol. The van der Waals surface area contributed by atoms with E-state index in [0.717, 1.165) is 62.3 Å². The molecule has 1 aromatic carbocycles. The largest absolute Gasteiger partial charge is 0.360 e. The van der Waals surface area contributed by atoms with Gasteiger partial charge in [0, 0.05) is 37.8 Å². The van der Waals surface area contributed by atoms with Crippen molar-refractivity contribution in [1.82, 2.24) is 15.0 Å². The Labute approximate surface area is 155 Å². The van der Waals surface area contributed by atoms with Crippen molar-refractivity contribution >= 4 is 5.91 Å². The van der Waals surface area contributed by atoms with E-state index in [9.17, 15) is 4.79 Å². The van der Waals surface area contributed by atoms with Crippen molar-refractivity contribution in [2.75, 3.05) is 20.1 Å². The van der Waals surface area contributed by atoms with Crippen molar-refractivity contribution in [1.29, 1.82) is 0 Å². The highest BCUT2D eigenvalue weighted by molar-refractivity contribution is 5.94. The van der Waals surface area contributed by atoms with Crippen LogP contribution in [0.15, 0.2) is 28.8 Å². The van der Waals surface area contributed by atoms with Gasteiger partial charge < -0.3 is 9.42 Å². The fourth-order valence-electron chi connectivity index (χ4n) is 4.25. The van der Waals surface area contributed by atoms with Crippen LogP contribution in [0.25, 0.3) is 0 Å². The van der Waals surface area contributed by atoms with E-state index < -0.39 is 0 Å². The molecule has 0 radical (unpaired) electrons. The van der Waals surface area contributed by atoms with Crippen molar-refractivity contribution < 1.29 is 9.32 Å². The maximum atomic E-state index is 12.9. The minimum Gasteiger partial charge on any atom is -0.360 e. The maximum Gasteiger partial charge on any atom is 0.253 e. The highest BCUT2D eigenvalue weighted by atomic mass is 16.5. The lowest BCUT2D eigenvalue weighted by molar-refractivity contribution is 0.0628. The van der Waals surface area contributed by atoms with E-state index >= 15 is 0 Å². The van der Waals surface area contributed by atoms with Crippen LogP contribution in [0.2, 0.25) is 0 Å². The Hall–Kier alpha value is -2.14. The summed E-state index contributed by atoms with van der Waals surface area (Å²) < 4.78 is 5.32. The van der Waals surface area contributed by atoms with E-state index in [4.69, 9.17) is 4.52 Å². The Morgan fingerprint density at radius 2 is 2.00 bits per heavy atom. The lowest BCUT2D eigenvalue weighted by atomic mass is 10.0. The summed E-state index contributed by atoms with van der Waals surface area (Å²) in [5.41, 5.74) is 4.55. The number of benzene rings is 1. The van der Waals surface area contributed by atoms with Gasteiger partial charge in [0.1, 0.15) is 0 Å². The molecule has 2 aromatic rings. The molecule has 4 rings (SSSR count). The molecule has 0 atom stereocenters. The Morgan fingerprint density at radius 3 is 2.73 bits per heavy atom. The molecule has 138 valence electrons. The number of likely N-dealkylation sites (tertiary alicyclic amines) is 1. The molecule has 1 amide bonds. The number of aryl methyl sites for hydroxylation is 3. The van der Waals surface area contributed by atoms with Crippen LogP contribution in [0.1, 0.15) is 52.2 Å². The van der Waals surface area contributed by atoms with E-state index in [1.54, 1.807) is 0 Å². The van der Waals surface area contributed by atoms with Crippen molar-refractivity contribution in [3.05, 3.63) is 52.4 Å². The molecule has 0 spiro atoms. The molecule has 1 aliphatic carbocycles. The van der Waals surface area contributed by atoms with Gasteiger partial charge in [0.2, 0.25) is 0 Å². The molecular weight excluding hydrogens is 326 g/mol. The van der Waals surface area contributed by atoms with Gasteiger partial charge in [-0.2, -0.15) is 0 Å². The first-order valence-electron chi connectivity index (χ1n) is 9.63. The van der Waals surface area contributed by atoms with Crippen LogP contribution in [0.3, 0.4) is 0 Å². The summed E-state index contributed by atoms with van der Waals surface area (Å²) >= 11 is 0. The van der Waals surface area contributed by atoms with E-state index in [-0.39, 0.29) is 5.91 Å². The third-order valence-electron chi connectivity index (χ3n) is 5.83. The molecule has 0 saturated carbocycles. The van der Waals surface area contributed by atoms with Gasteiger partial charge in [-0.15, -0.1) is 0 Å². The number of rotatable bonds is 4. The van der Waals surface area contributed by atoms with Crippen molar-refractivity contribution in [2.45, 2.75) is 51.6 Å². The Bertz CT molecular complexity index is 790. The summed E-state index contributed by atoms with van der Waals surface area (Å²) in [4.78, 5) is 17.2. The molecule has 1 fully saturated rings. The van der Waals surface area contributed by atoms with Gasteiger partial charge in [-0.25, -0.2) is 0 Å². The Kier molecular flexibility index (Phi) is 4.81. The number of fused-ring (bicyclic) bond motifs is 1. The lowest BCUT2D eigenvalue weighted by Crippen LogP contribution is -2.45. The predicted molar refractivity (Wildman–Crippen MR) is 100 cm³/mol. The van der Waals surface area contributed by atoms with Crippen LogP contribution in [-0.2, 0) is 19.4 Å². The fourth-order valence-corrected chi connectivity index (χ4v) is 4.25. The smallest absolute Gasteiger partial charge is 0.253 e. The minimum absolute atomic E-state index is 0.156. The van der Waals surface area contributed by atoms with Crippen molar-refractivity contribution in [2.24, 2.45) is 0 Å². The number of carbonyl (C=O) groups excluding carboxylic acids is 1. The van der Waals surface area contributed by atoms with Gasteiger partial charge in [0.15, 0.2) is 5.76 Å². The molecule has 5 nitrogen and oxygen atoms in total. The quantitative estimate of drug-likeness (QED) is 0.847. The second-order valence-corrected chi connectivity index (χ2v) is 7.70. The number of hydrogen-bond donors (Lipinski definition) is 0. The van der Waals surface area contributed by atoms with E-state index in [0.29, 0.717) is 6.04 Å². The minimum atomic E-state index is 0.156. The van der Waals surface area contributed by atoms with E-state index in [2.05, 4.69) is 22.2 Å². The van der Waals surface area contributed by atoms with Gasteiger partial charge in [0.25, 0.3) is 5.91 Å². The highest BCUT2D eigenvalue weighted by Gasteiger charge is 2.27. The fraction of sp³-hybridized carbons (Fsp3) is 0.524. The molecule has 0 unspecified atom stereocenters. The normalized spacial score (nSPS) is 18.1. The second kappa shape index (κ2) is 7.23. The SMILES string of the molecule is Cc1cc(CN2CCC(N(C)C(=O)c3ccc4c(c3)CCC4)CC2)on1. The van der Waals surface area contributed by atoms with Gasteiger partial charge in [-0.05, 0) is 62.3 Å². The first-order chi connectivity index (χ1) is 12.6. The van der Waals surface area contributed by atoms with Crippen LogP contribution >= 0.6 is 0 Å². The topological polar surface area (TPSA) is 49.6 Å². The van der Waals surface area contributed by atoms with Gasteiger partial charge >= 0.3 is 0 Å². The summed E-state index contributed by atoms with van der Waals surface area (Å²) in [6, 6.07) is 8.57. The maximum absolute atomic E-state index is 12.9. The van der Waals surface area contributed by atoms with Crippen LogP contribution in [0.4, 0.5) is 0 Å². The van der Waals surface area contributed by atoms with Gasteiger partial charge in [-0.1, -0.05) is 11.2 Å². The summed E-state index contributed by atoms with van der Waals surface area (Å²) in [6.07, 6.45) is 5.48. The van der Waals surface area contributed by atoms with Gasteiger partial charge in [-0.3, -0.25) is 9.69 Å². The summed E-state index contributed by atoms with van der Waals surface area (Å²) in [6.45, 7) is 4.70. The average Bonchev–Trinajstić information content (AvgIpc) is 3.29. The molecular formula is C21H27N3O2. The van der Waals surface area contributed by atoms with Crippen LogP contribution in [0, 0.1) is 6.92 Å². The molecule has 2 aliphatic rings. The lowest BCUT2D eigenvalue weighted by Gasteiger charge is -2.36. The first kappa shape index (κ1) is 17.3. The average molecular weight is 353 g/mol. The first-order valence-corrected chi connectivity index (χ1v) is 9.63. The summed E-state index contributed by atoms with van der Waals surface area (Å²) in [5.74, 6) is 1.08. The van der Waals surface area contributed by atoms with E-state index in [1.807, 2.05) is 31.0 Å². The molecule has 2 heterocycles. The predicted octanol–water partition coefficient (Wildman–Crippen LogP) is 3.21. The third kappa shape index (κ3) is 3.54. The van der Waals surface area contributed by atoms with Crippen molar-refractivity contribution in [3.63, 3.8) is 0 Å². The van der Waals surface area contributed by atoms with Gasteiger partial charge in [0.05, 0.1) is 12.2 Å². The second-order valence-electron chi connectivity index (χ2n) is 7.70. The zero-order chi connectivity index (χ0) is 18.1. The van der Waals surface area contributed by atoms with Crippen LogP contribution < -0.4 is 0 Å². The standard InChI is InChI=1S/C21H27N3O2/c1-15-12-20(26-22-15)14-24-10-8-19(9-11-24)23(2)21(25)18-7-6-16-4-3-5-17(16)13-18/h6-7,12-13,19H,3-5,8-11,14H2,1-2H3. The molecule has 26 heavy (non-hydrogen) atoms. The zero-order valence-electron chi connectivity index (χ0n) is 15.7. The number of aromatic nitrogens is 1. The molecule has 0 N–H and O–H groups in total. The summed E-state index contributed by atoms with van der Waals surface area (Å²) in [7, 11) is 1.95. The molecule has 1 aliphatic heterocycles. The number of nitrogens with zero attached hydrogens (tertiary/aromatic N) is 3. The number of hydrogen-bond acceptors (Lipinski definition) is 4. The molecule has 5 heteroatoms.